The molecule has 0 spiro atoms. The van der Waals surface area contributed by atoms with Gasteiger partial charge in [-0.05, 0) is 25.0 Å². The van der Waals surface area contributed by atoms with E-state index in [0.717, 1.165) is 31.6 Å². The predicted molar refractivity (Wildman–Crippen MR) is 63.1 cm³/mol. The van der Waals surface area contributed by atoms with Crippen molar-refractivity contribution in [3.63, 3.8) is 0 Å². The van der Waals surface area contributed by atoms with Gasteiger partial charge < -0.3 is 10.2 Å². The molecule has 1 saturated heterocycles. The maximum Gasteiger partial charge on any atom is 0.219 e. The van der Waals surface area contributed by atoms with Crippen LogP contribution in [0.25, 0.3) is 0 Å². The first kappa shape index (κ1) is 10.9. The molecule has 4 heteroatoms. The van der Waals surface area contributed by atoms with Gasteiger partial charge in [0.2, 0.25) is 5.91 Å². The molecule has 0 aliphatic carbocycles. The summed E-state index contributed by atoms with van der Waals surface area (Å²) in [6.45, 7) is 3.34. The van der Waals surface area contributed by atoms with E-state index in [9.17, 15) is 4.79 Å². The number of pyridine rings is 1. The molecule has 0 unspecified atom stereocenters. The second kappa shape index (κ2) is 4.96. The molecule has 0 atom stereocenters. The topological polar surface area (TPSA) is 45.2 Å². The first-order valence-corrected chi connectivity index (χ1v) is 5.68. The van der Waals surface area contributed by atoms with E-state index in [1.165, 1.54) is 0 Å². The molecule has 1 fully saturated rings. The molecule has 2 rings (SSSR count). The van der Waals surface area contributed by atoms with Gasteiger partial charge >= 0.3 is 0 Å². The van der Waals surface area contributed by atoms with Crippen LogP contribution in [0.15, 0.2) is 24.5 Å². The largest absolute Gasteiger partial charge is 0.381 e. The average Bonchev–Trinajstić information content (AvgIpc) is 2.31. The number of piperidine rings is 1. The van der Waals surface area contributed by atoms with E-state index in [-0.39, 0.29) is 5.91 Å². The molecule has 0 radical (unpaired) electrons. The van der Waals surface area contributed by atoms with E-state index >= 15 is 0 Å². The summed E-state index contributed by atoms with van der Waals surface area (Å²) in [6, 6.07) is 4.40. The Labute approximate surface area is 95.7 Å². The Kier molecular flexibility index (Phi) is 3.39. The second-order valence-corrected chi connectivity index (χ2v) is 4.17. The normalized spacial score (nSPS) is 17.2. The summed E-state index contributed by atoms with van der Waals surface area (Å²) in [7, 11) is 0. The van der Waals surface area contributed by atoms with Crippen molar-refractivity contribution in [2.75, 3.05) is 18.4 Å². The van der Waals surface area contributed by atoms with Crippen molar-refractivity contribution in [3.05, 3.63) is 24.5 Å². The summed E-state index contributed by atoms with van der Waals surface area (Å²) in [4.78, 5) is 17.1. The van der Waals surface area contributed by atoms with Crippen LogP contribution in [0.2, 0.25) is 0 Å². The second-order valence-electron chi connectivity index (χ2n) is 4.17. The molecule has 1 N–H and O–H groups in total. The van der Waals surface area contributed by atoms with E-state index in [2.05, 4.69) is 10.3 Å². The van der Waals surface area contributed by atoms with Crippen molar-refractivity contribution in [1.29, 1.82) is 0 Å². The summed E-state index contributed by atoms with van der Waals surface area (Å²) >= 11 is 0. The fourth-order valence-electron chi connectivity index (χ4n) is 2.02. The van der Waals surface area contributed by atoms with Crippen molar-refractivity contribution in [3.8, 4) is 0 Å². The summed E-state index contributed by atoms with van der Waals surface area (Å²) in [5.41, 5.74) is 1.06. The highest BCUT2D eigenvalue weighted by molar-refractivity contribution is 5.73. The minimum Gasteiger partial charge on any atom is -0.381 e. The molecule has 2 heterocycles. The number of nitrogens with zero attached hydrogens (tertiary/aromatic N) is 2. The summed E-state index contributed by atoms with van der Waals surface area (Å²) in [5.74, 6) is 0.180. The van der Waals surface area contributed by atoms with Crippen LogP contribution in [0.3, 0.4) is 0 Å². The Balaban J connectivity index is 1.84. The smallest absolute Gasteiger partial charge is 0.219 e. The van der Waals surface area contributed by atoms with Gasteiger partial charge in [-0.3, -0.25) is 9.78 Å². The number of amides is 1. The molecule has 1 aliphatic rings. The molecule has 86 valence electrons. The number of aromatic nitrogens is 1. The zero-order valence-corrected chi connectivity index (χ0v) is 9.52. The number of hydrogen-bond acceptors (Lipinski definition) is 3. The number of likely N-dealkylation sites (tertiary alicyclic amines) is 1. The predicted octanol–water partition coefficient (Wildman–Crippen LogP) is 1.50. The number of carbonyl (C=O) groups excluding carboxylic acids is 1. The quantitative estimate of drug-likeness (QED) is 0.820. The van der Waals surface area contributed by atoms with Gasteiger partial charge in [0, 0.05) is 38.4 Å². The monoisotopic (exact) mass is 219 g/mol. The Hall–Kier alpha value is -1.58. The maximum atomic E-state index is 11.2. The van der Waals surface area contributed by atoms with Gasteiger partial charge in [-0.1, -0.05) is 0 Å². The lowest BCUT2D eigenvalue weighted by atomic mass is 10.0. The fraction of sp³-hybridized carbons (Fsp3) is 0.500. The highest BCUT2D eigenvalue weighted by Crippen LogP contribution is 2.15. The van der Waals surface area contributed by atoms with Gasteiger partial charge in [-0.2, -0.15) is 0 Å². The van der Waals surface area contributed by atoms with Crippen LogP contribution in [-0.4, -0.2) is 34.9 Å². The first-order chi connectivity index (χ1) is 7.75. The third-order valence-electron chi connectivity index (χ3n) is 2.97. The molecule has 4 nitrogen and oxygen atoms in total. The van der Waals surface area contributed by atoms with Gasteiger partial charge in [-0.15, -0.1) is 0 Å². The SMILES string of the molecule is CC(=O)N1CCC(Nc2cccnc2)CC1. The molecule has 0 saturated carbocycles. The van der Waals surface area contributed by atoms with Crippen LogP contribution in [0, 0.1) is 0 Å². The number of rotatable bonds is 2. The summed E-state index contributed by atoms with van der Waals surface area (Å²) in [6.07, 6.45) is 5.61. The molecule has 1 aliphatic heterocycles. The minimum absolute atomic E-state index is 0.180. The molecule has 16 heavy (non-hydrogen) atoms. The van der Waals surface area contributed by atoms with E-state index < -0.39 is 0 Å². The van der Waals surface area contributed by atoms with Crippen LogP contribution < -0.4 is 5.32 Å². The van der Waals surface area contributed by atoms with Gasteiger partial charge in [0.15, 0.2) is 0 Å². The Morgan fingerprint density at radius 1 is 1.50 bits per heavy atom. The summed E-state index contributed by atoms with van der Waals surface area (Å²) in [5, 5.41) is 3.44. The molecule has 1 amide bonds. The molecule has 1 aromatic rings. The van der Waals surface area contributed by atoms with Crippen molar-refractivity contribution < 1.29 is 4.79 Å². The van der Waals surface area contributed by atoms with Crippen molar-refractivity contribution >= 4 is 11.6 Å². The van der Waals surface area contributed by atoms with Crippen LogP contribution in [-0.2, 0) is 4.79 Å². The highest BCUT2D eigenvalue weighted by atomic mass is 16.2. The Bertz CT molecular complexity index is 345. The highest BCUT2D eigenvalue weighted by Gasteiger charge is 2.20. The maximum absolute atomic E-state index is 11.2. The zero-order valence-electron chi connectivity index (χ0n) is 9.52. The third-order valence-corrected chi connectivity index (χ3v) is 2.97. The van der Waals surface area contributed by atoms with E-state index in [4.69, 9.17) is 0 Å². The van der Waals surface area contributed by atoms with Crippen molar-refractivity contribution in [2.45, 2.75) is 25.8 Å². The Morgan fingerprint density at radius 2 is 2.25 bits per heavy atom. The average molecular weight is 219 g/mol. The van der Waals surface area contributed by atoms with Crippen LogP contribution in [0.5, 0.6) is 0 Å². The van der Waals surface area contributed by atoms with Gasteiger partial charge in [0.1, 0.15) is 0 Å². The van der Waals surface area contributed by atoms with E-state index in [1.54, 1.807) is 13.1 Å². The summed E-state index contributed by atoms with van der Waals surface area (Å²) < 4.78 is 0. The number of carbonyl (C=O) groups is 1. The van der Waals surface area contributed by atoms with E-state index in [1.807, 2.05) is 23.2 Å². The van der Waals surface area contributed by atoms with Gasteiger partial charge in [0.05, 0.1) is 5.69 Å². The Morgan fingerprint density at radius 3 is 2.81 bits per heavy atom. The lowest BCUT2D eigenvalue weighted by molar-refractivity contribution is -0.129. The molecular formula is C12H17N3O. The molecule has 0 aromatic carbocycles. The minimum atomic E-state index is 0.180. The fourth-order valence-corrected chi connectivity index (χ4v) is 2.02. The molecular weight excluding hydrogens is 202 g/mol. The van der Waals surface area contributed by atoms with Gasteiger partial charge in [0.25, 0.3) is 0 Å². The van der Waals surface area contributed by atoms with Gasteiger partial charge in [-0.25, -0.2) is 0 Å². The van der Waals surface area contributed by atoms with Crippen molar-refractivity contribution in [1.82, 2.24) is 9.88 Å². The van der Waals surface area contributed by atoms with Crippen molar-refractivity contribution in [2.24, 2.45) is 0 Å². The molecule has 0 bridgehead atoms. The zero-order chi connectivity index (χ0) is 11.4. The third kappa shape index (κ3) is 2.72. The van der Waals surface area contributed by atoms with Crippen LogP contribution in [0.1, 0.15) is 19.8 Å². The first-order valence-electron chi connectivity index (χ1n) is 5.68. The molecule has 1 aromatic heterocycles. The standard InChI is InChI=1S/C12H17N3O/c1-10(16)15-7-4-11(5-8-15)14-12-3-2-6-13-9-12/h2-3,6,9,11,14H,4-5,7-8H2,1H3. The number of hydrogen-bond donors (Lipinski definition) is 1. The van der Waals surface area contributed by atoms with E-state index in [0.29, 0.717) is 6.04 Å². The lowest BCUT2D eigenvalue weighted by Crippen LogP contribution is -2.41. The van der Waals surface area contributed by atoms with Crippen LogP contribution >= 0.6 is 0 Å². The lowest BCUT2D eigenvalue weighted by Gasteiger charge is -2.32. The number of nitrogens with one attached hydrogen (secondary N) is 1. The van der Waals surface area contributed by atoms with Crippen LogP contribution in [0.4, 0.5) is 5.69 Å². The number of anilines is 1.